The van der Waals surface area contributed by atoms with Crippen molar-refractivity contribution in [3.05, 3.63) is 29.6 Å². The second kappa shape index (κ2) is 6.19. The monoisotopic (exact) mass is 264 g/mol. The molecule has 0 aliphatic heterocycles. The lowest BCUT2D eigenvalue weighted by molar-refractivity contribution is 0.0697. The van der Waals surface area contributed by atoms with Crippen LogP contribution in [0.2, 0.25) is 0 Å². The SMILES string of the molecule is CC(C)(CCC#N)CNc1cc(C(=O)O)ccc1F. The van der Waals surface area contributed by atoms with Gasteiger partial charge in [-0.25, -0.2) is 9.18 Å². The van der Waals surface area contributed by atoms with Gasteiger partial charge in [-0.2, -0.15) is 5.26 Å². The molecule has 0 atom stereocenters. The molecule has 0 saturated carbocycles. The van der Waals surface area contributed by atoms with Crippen molar-refractivity contribution in [2.45, 2.75) is 26.7 Å². The molecular weight excluding hydrogens is 247 g/mol. The van der Waals surface area contributed by atoms with E-state index < -0.39 is 11.8 Å². The van der Waals surface area contributed by atoms with Crippen LogP contribution >= 0.6 is 0 Å². The maximum absolute atomic E-state index is 13.6. The molecule has 0 aromatic heterocycles. The lowest BCUT2D eigenvalue weighted by Gasteiger charge is -2.24. The third kappa shape index (κ3) is 4.59. The van der Waals surface area contributed by atoms with Gasteiger partial charge in [0, 0.05) is 13.0 Å². The molecule has 1 aromatic carbocycles. The largest absolute Gasteiger partial charge is 0.478 e. The summed E-state index contributed by atoms with van der Waals surface area (Å²) < 4.78 is 13.6. The Hall–Kier alpha value is -2.09. The minimum absolute atomic E-state index is 0.0405. The van der Waals surface area contributed by atoms with Crippen molar-refractivity contribution < 1.29 is 14.3 Å². The number of hydrogen-bond donors (Lipinski definition) is 2. The molecule has 1 rings (SSSR count). The average molecular weight is 264 g/mol. The van der Waals surface area contributed by atoms with E-state index in [1.54, 1.807) is 0 Å². The molecule has 0 unspecified atom stereocenters. The summed E-state index contributed by atoms with van der Waals surface area (Å²) in [6, 6.07) is 5.71. The maximum Gasteiger partial charge on any atom is 0.335 e. The molecule has 0 saturated heterocycles. The van der Waals surface area contributed by atoms with Gasteiger partial charge in [0.1, 0.15) is 5.82 Å². The van der Waals surface area contributed by atoms with Gasteiger partial charge in [0.2, 0.25) is 0 Å². The lowest BCUT2D eigenvalue weighted by Crippen LogP contribution is -2.23. The molecule has 0 fully saturated rings. The van der Waals surface area contributed by atoms with Crippen molar-refractivity contribution in [2.75, 3.05) is 11.9 Å². The van der Waals surface area contributed by atoms with Gasteiger partial charge >= 0.3 is 5.97 Å². The number of carbonyl (C=O) groups is 1. The smallest absolute Gasteiger partial charge is 0.335 e. The fourth-order valence-corrected chi connectivity index (χ4v) is 1.61. The lowest BCUT2D eigenvalue weighted by atomic mass is 9.88. The molecule has 102 valence electrons. The van der Waals surface area contributed by atoms with Crippen LogP contribution in [0.25, 0.3) is 0 Å². The van der Waals surface area contributed by atoms with E-state index in [-0.39, 0.29) is 16.7 Å². The third-order valence-electron chi connectivity index (χ3n) is 2.88. The van der Waals surface area contributed by atoms with E-state index >= 15 is 0 Å². The van der Waals surface area contributed by atoms with Crippen molar-refractivity contribution >= 4 is 11.7 Å². The van der Waals surface area contributed by atoms with E-state index in [4.69, 9.17) is 10.4 Å². The minimum atomic E-state index is -1.09. The Morgan fingerprint density at radius 2 is 2.21 bits per heavy atom. The molecule has 0 amide bonds. The van der Waals surface area contributed by atoms with Crippen LogP contribution in [-0.4, -0.2) is 17.6 Å². The van der Waals surface area contributed by atoms with Crippen molar-refractivity contribution in [3.8, 4) is 6.07 Å². The summed E-state index contributed by atoms with van der Waals surface area (Å²) in [5.41, 5.74) is 0.0464. The first kappa shape index (κ1) is 15.0. The van der Waals surface area contributed by atoms with Gasteiger partial charge < -0.3 is 10.4 Å². The Balaban J connectivity index is 2.74. The van der Waals surface area contributed by atoms with Crippen LogP contribution in [0.4, 0.5) is 10.1 Å². The Kier molecular flexibility index (Phi) is 4.87. The van der Waals surface area contributed by atoms with Crippen LogP contribution in [-0.2, 0) is 0 Å². The van der Waals surface area contributed by atoms with Crippen LogP contribution in [0, 0.1) is 22.6 Å². The number of carboxylic acids is 1. The number of halogens is 1. The summed E-state index contributed by atoms with van der Waals surface area (Å²) in [6.07, 6.45) is 1.13. The zero-order valence-electron chi connectivity index (χ0n) is 11.0. The van der Waals surface area contributed by atoms with Gasteiger partial charge in [-0.3, -0.25) is 0 Å². The Bertz CT molecular complexity index is 507. The van der Waals surface area contributed by atoms with Gasteiger partial charge in [-0.05, 0) is 30.0 Å². The third-order valence-corrected chi connectivity index (χ3v) is 2.88. The van der Waals surface area contributed by atoms with Crippen LogP contribution in [0.5, 0.6) is 0 Å². The van der Waals surface area contributed by atoms with E-state index in [1.807, 2.05) is 13.8 Å². The van der Waals surface area contributed by atoms with Crippen molar-refractivity contribution in [1.29, 1.82) is 5.26 Å². The van der Waals surface area contributed by atoms with Gasteiger partial charge in [-0.15, -0.1) is 0 Å². The summed E-state index contributed by atoms with van der Waals surface area (Å²) >= 11 is 0. The summed E-state index contributed by atoms with van der Waals surface area (Å²) in [6.45, 7) is 4.40. The number of carboxylic acid groups (broad SMARTS) is 1. The highest BCUT2D eigenvalue weighted by atomic mass is 19.1. The van der Waals surface area contributed by atoms with Gasteiger partial charge in [0.05, 0.1) is 17.3 Å². The maximum atomic E-state index is 13.6. The molecular formula is C14H17FN2O2. The number of anilines is 1. The van der Waals surface area contributed by atoms with Gasteiger partial charge in [0.15, 0.2) is 0 Å². The zero-order chi connectivity index (χ0) is 14.5. The predicted molar refractivity (Wildman–Crippen MR) is 70.5 cm³/mol. The Morgan fingerprint density at radius 3 is 2.79 bits per heavy atom. The highest BCUT2D eigenvalue weighted by Crippen LogP contribution is 2.24. The van der Waals surface area contributed by atoms with E-state index in [1.165, 1.54) is 12.1 Å². The molecule has 0 spiro atoms. The second-order valence-electron chi connectivity index (χ2n) is 5.18. The molecule has 0 aliphatic rings. The highest BCUT2D eigenvalue weighted by molar-refractivity contribution is 5.88. The summed E-state index contributed by atoms with van der Waals surface area (Å²) in [4.78, 5) is 10.8. The number of hydrogen-bond acceptors (Lipinski definition) is 3. The molecule has 19 heavy (non-hydrogen) atoms. The summed E-state index contributed by atoms with van der Waals surface area (Å²) in [5.74, 6) is -1.58. The number of nitrogens with one attached hydrogen (secondary N) is 1. The Morgan fingerprint density at radius 1 is 1.53 bits per heavy atom. The molecule has 0 radical (unpaired) electrons. The molecule has 4 nitrogen and oxygen atoms in total. The van der Waals surface area contributed by atoms with Gasteiger partial charge in [-0.1, -0.05) is 13.8 Å². The summed E-state index contributed by atoms with van der Waals surface area (Å²) in [7, 11) is 0. The van der Waals surface area contributed by atoms with E-state index in [0.29, 0.717) is 19.4 Å². The van der Waals surface area contributed by atoms with Crippen LogP contribution in [0.1, 0.15) is 37.0 Å². The normalized spacial score (nSPS) is 10.8. The number of nitrogens with zero attached hydrogens (tertiary/aromatic N) is 1. The van der Waals surface area contributed by atoms with E-state index in [9.17, 15) is 9.18 Å². The van der Waals surface area contributed by atoms with Crippen LogP contribution in [0.3, 0.4) is 0 Å². The molecule has 1 aromatic rings. The van der Waals surface area contributed by atoms with Crippen molar-refractivity contribution in [3.63, 3.8) is 0 Å². The molecule has 0 aliphatic carbocycles. The first-order chi connectivity index (χ1) is 8.85. The average Bonchev–Trinajstić information content (AvgIpc) is 2.35. The zero-order valence-corrected chi connectivity index (χ0v) is 11.0. The highest BCUT2D eigenvalue weighted by Gasteiger charge is 2.18. The minimum Gasteiger partial charge on any atom is -0.478 e. The van der Waals surface area contributed by atoms with E-state index in [0.717, 1.165) is 6.07 Å². The Labute approximate surface area is 111 Å². The quantitative estimate of drug-likeness (QED) is 0.827. The van der Waals surface area contributed by atoms with Gasteiger partial charge in [0.25, 0.3) is 0 Å². The molecule has 2 N–H and O–H groups in total. The first-order valence-corrected chi connectivity index (χ1v) is 5.99. The fourth-order valence-electron chi connectivity index (χ4n) is 1.61. The molecule has 0 bridgehead atoms. The van der Waals surface area contributed by atoms with Crippen molar-refractivity contribution in [1.82, 2.24) is 0 Å². The first-order valence-electron chi connectivity index (χ1n) is 5.99. The van der Waals surface area contributed by atoms with Crippen LogP contribution in [0.15, 0.2) is 18.2 Å². The van der Waals surface area contributed by atoms with E-state index in [2.05, 4.69) is 11.4 Å². The number of nitriles is 1. The standard InChI is InChI=1S/C14H17FN2O2/c1-14(2,6-3-7-16)9-17-12-8-10(13(18)19)4-5-11(12)15/h4-5,8,17H,3,6,9H2,1-2H3,(H,18,19). The predicted octanol–water partition coefficient (Wildman–Crippen LogP) is 3.27. The topological polar surface area (TPSA) is 73.1 Å². The fraction of sp³-hybridized carbons (Fsp3) is 0.429. The van der Waals surface area contributed by atoms with Crippen molar-refractivity contribution in [2.24, 2.45) is 5.41 Å². The number of rotatable bonds is 6. The second-order valence-corrected chi connectivity index (χ2v) is 5.18. The number of aromatic carboxylic acids is 1. The van der Waals surface area contributed by atoms with Crippen LogP contribution < -0.4 is 5.32 Å². The summed E-state index contributed by atoms with van der Waals surface area (Å²) in [5, 5.41) is 20.3. The molecule has 0 heterocycles. The number of benzene rings is 1. The molecule has 5 heteroatoms.